The minimum Gasteiger partial charge on any atom is -0.399 e. The first-order chi connectivity index (χ1) is 9.38. The topological polar surface area (TPSA) is 89.3 Å². The van der Waals surface area contributed by atoms with E-state index in [1.165, 1.54) is 36.4 Å². The monoisotopic (exact) mass is 354 g/mol. The lowest BCUT2D eigenvalue weighted by atomic mass is 10.2. The van der Waals surface area contributed by atoms with Crippen molar-refractivity contribution in [3.63, 3.8) is 0 Å². The Balaban J connectivity index is 2.22. The third-order valence-corrected chi connectivity index (χ3v) is 4.40. The number of nitrogens with two attached hydrogens (primary N) is 1. The number of halogens is 1. The molecule has 2 rings (SSSR count). The highest BCUT2D eigenvalue weighted by atomic mass is 79.9. The van der Waals surface area contributed by atoms with Crippen molar-refractivity contribution >= 4 is 37.5 Å². The first-order valence-corrected chi connectivity index (χ1v) is 7.84. The summed E-state index contributed by atoms with van der Waals surface area (Å²) >= 11 is 3.24. The average Bonchev–Trinajstić information content (AvgIpc) is 2.39. The average molecular weight is 355 g/mol. The van der Waals surface area contributed by atoms with Gasteiger partial charge in [-0.1, -0.05) is 15.9 Å². The number of hydrogen-bond acceptors (Lipinski definition) is 4. The number of rotatable bonds is 3. The van der Waals surface area contributed by atoms with Gasteiger partial charge in [-0.3, -0.25) is 4.79 Å². The van der Waals surface area contributed by atoms with E-state index in [9.17, 15) is 13.2 Å². The molecule has 0 saturated heterocycles. The van der Waals surface area contributed by atoms with E-state index in [0.717, 1.165) is 4.47 Å². The van der Waals surface area contributed by atoms with Gasteiger partial charge in [0.25, 0.3) is 15.9 Å². The maximum atomic E-state index is 12.0. The summed E-state index contributed by atoms with van der Waals surface area (Å²) < 4.78 is 26.8. The van der Waals surface area contributed by atoms with Gasteiger partial charge >= 0.3 is 0 Å². The molecule has 0 aliphatic rings. The molecule has 0 radical (unpaired) electrons. The highest BCUT2D eigenvalue weighted by molar-refractivity contribution is 9.10. The van der Waals surface area contributed by atoms with Crippen molar-refractivity contribution in [1.82, 2.24) is 4.72 Å². The van der Waals surface area contributed by atoms with Crippen molar-refractivity contribution in [3.8, 4) is 0 Å². The molecular formula is C13H11BrN2O3S. The number of amides is 1. The Labute approximate surface area is 125 Å². The van der Waals surface area contributed by atoms with Crippen molar-refractivity contribution in [2.45, 2.75) is 4.90 Å². The Morgan fingerprint density at radius 2 is 1.55 bits per heavy atom. The van der Waals surface area contributed by atoms with Gasteiger partial charge in [0.05, 0.1) is 4.90 Å². The zero-order valence-electron chi connectivity index (χ0n) is 10.2. The molecule has 7 heteroatoms. The van der Waals surface area contributed by atoms with Crippen LogP contribution in [-0.4, -0.2) is 14.3 Å². The van der Waals surface area contributed by atoms with Crippen molar-refractivity contribution in [2.75, 3.05) is 5.73 Å². The molecule has 0 aromatic heterocycles. The summed E-state index contributed by atoms with van der Waals surface area (Å²) in [4.78, 5) is 11.9. The molecule has 0 unspecified atom stereocenters. The Bertz CT molecular complexity index is 725. The zero-order valence-corrected chi connectivity index (χ0v) is 12.6. The third-order valence-electron chi connectivity index (χ3n) is 2.52. The van der Waals surface area contributed by atoms with E-state index < -0.39 is 15.9 Å². The molecule has 0 atom stereocenters. The molecule has 1 amide bonds. The van der Waals surface area contributed by atoms with Gasteiger partial charge in [-0.05, 0) is 48.5 Å². The molecule has 104 valence electrons. The number of sulfonamides is 1. The van der Waals surface area contributed by atoms with Crippen LogP contribution in [0.5, 0.6) is 0 Å². The summed E-state index contributed by atoms with van der Waals surface area (Å²) in [6, 6.07) is 12.0. The van der Waals surface area contributed by atoms with Crippen LogP contribution in [0.15, 0.2) is 57.9 Å². The number of carbonyl (C=O) groups excluding carboxylic acids is 1. The lowest BCUT2D eigenvalue weighted by Gasteiger charge is -2.07. The summed E-state index contributed by atoms with van der Waals surface area (Å²) in [6.07, 6.45) is 0. The van der Waals surface area contributed by atoms with Crippen LogP contribution in [0.3, 0.4) is 0 Å². The van der Waals surface area contributed by atoms with E-state index in [4.69, 9.17) is 5.73 Å². The smallest absolute Gasteiger partial charge is 0.264 e. The second kappa shape index (κ2) is 5.64. The fourth-order valence-corrected chi connectivity index (χ4v) is 2.73. The van der Waals surface area contributed by atoms with E-state index in [0.29, 0.717) is 5.69 Å². The molecule has 0 spiro atoms. The molecule has 0 aliphatic carbocycles. The molecule has 0 aliphatic heterocycles. The zero-order chi connectivity index (χ0) is 14.8. The Kier molecular flexibility index (Phi) is 4.10. The second-order valence-corrected chi connectivity index (χ2v) is 6.61. The molecule has 2 aromatic rings. The van der Waals surface area contributed by atoms with Gasteiger partial charge in [0.1, 0.15) is 0 Å². The largest absolute Gasteiger partial charge is 0.399 e. The minimum atomic E-state index is -3.90. The number of nitrogen functional groups attached to an aromatic ring is 1. The molecule has 20 heavy (non-hydrogen) atoms. The van der Waals surface area contributed by atoms with E-state index in [2.05, 4.69) is 15.9 Å². The number of nitrogens with one attached hydrogen (secondary N) is 1. The molecular weight excluding hydrogens is 344 g/mol. The van der Waals surface area contributed by atoms with Gasteiger partial charge in [0, 0.05) is 15.7 Å². The van der Waals surface area contributed by atoms with Crippen molar-refractivity contribution in [3.05, 3.63) is 58.6 Å². The van der Waals surface area contributed by atoms with E-state index >= 15 is 0 Å². The molecule has 2 aromatic carbocycles. The second-order valence-electron chi connectivity index (χ2n) is 4.01. The van der Waals surface area contributed by atoms with Gasteiger partial charge in [0.2, 0.25) is 0 Å². The Morgan fingerprint density at radius 1 is 1.00 bits per heavy atom. The standard InChI is InChI=1S/C13H11BrN2O3S/c14-10-3-1-9(2-4-10)13(17)16-20(18,19)12-7-5-11(15)6-8-12/h1-8H,15H2,(H,16,17). The maximum absolute atomic E-state index is 12.0. The van der Waals surface area contributed by atoms with E-state index in [1.807, 2.05) is 4.72 Å². The SMILES string of the molecule is Nc1ccc(S(=O)(=O)NC(=O)c2ccc(Br)cc2)cc1. The van der Waals surface area contributed by atoms with E-state index in [-0.39, 0.29) is 10.5 Å². The molecule has 0 bridgehead atoms. The molecule has 3 N–H and O–H groups in total. The van der Waals surface area contributed by atoms with Crippen molar-refractivity contribution < 1.29 is 13.2 Å². The Morgan fingerprint density at radius 3 is 2.10 bits per heavy atom. The van der Waals surface area contributed by atoms with Gasteiger partial charge in [-0.15, -0.1) is 0 Å². The lowest BCUT2D eigenvalue weighted by molar-refractivity contribution is 0.0981. The van der Waals surface area contributed by atoms with Gasteiger partial charge < -0.3 is 5.73 Å². The third kappa shape index (κ3) is 3.37. The fraction of sp³-hybridized carbons (Fsp3) is 0. The molecule has 5 nitrogen and oxygen atoms in total. The highest BCUT2D eigenvalue weighted by Crippen LogP contribution is 2.14. The van der Waals surface area contributed by atoms with Crippen LogP contribution in [0.2, 0.25) is 0 Å². The first-order valence-electron chi connectivity index (χ1n) is 5.57. The number of anilines is 1. The molecule has 0 saturated carbocycles. The van der Waals surface area contributed by atoms with Crippen LogP contribution < -0.4 is 10.5 Å². The predicted molar refractivity (Wildman–Crippen MR) is 79.6 cm³/mol. The first kappa shape index (κ1) is 14.5. The quantitative estimate of drug-likeness (QED) is 0.826. The summed E-state index contributed by atoms with van der Waals surface area (Å²) in [6.45, 7) is 0. The van der Waals surface area contributed by atoms with Crippen LogP contribution in [0.25, 0.3) is 0 Å². The summed E-state index contributed by atoms with van der Waals surface area (Å²) in [5.74, 6) is -0.686. The maximum Gasteiger partial charge on any atom is 0.264 e. The van der Waals surface area contributed by atoms with Crippen LogP contribution in [0, 0.1) is 0 Å². The highest BCUT2D eigenvalue weighted by Gasteiger charge is 2.18. The normalized spacial score (nSPS) is 11.1. The van der Waals surface area contributed by atoms with Crippen LogP contribution in [-0.2, 0) is 10.0 Å². The van der Waals surface area contributed by atoms with Gasteiger partial charge in [0.15, 0.2) is 0 Å². The van der Waals surface area contributed by atoms with Gasteiger partial charge in [-0.2, -0.15) is 0 Å². The predicted octanol–water partition coefficient (Wildman–Crippen LogP) is 2.15. The number of benzene rings is 2. The number of carbonyl (C=O) groups is 1. The lowest BCUT2D eigenvalue weighted by Crippen LogP contribution is -2.30. The van der Waals surface area contributed by atoms with Crippen LogP contribution >= 0.6 is 15.9 Å². The molecule has 0 heterocycles. The number of hydrogen-bond donors (Lipinski definition) is 2. The van der Waals surface area contributed by atoms with Crippen molar-refractivity contribution in [1.29, 1.82) is 0 Å². The summed E-state index contributed by atoms with van der Waals surface area (Å²) in [5.41, 5.74) is 6.19. The van der Waals surface area contributed by atoms with Crippen LogP contribution in [0.4, 0.5) is 5.69 Å². The Hall–Kier alpha value is -1.86. The summed E-state index contributed by atoms with van der Waals surface area (Å²) in [7, 11) is -3.90. The van der Waals surface area contributed by atoms with Gasteiger partial charge in [-0.25, -0.2) is 13.1 Å². The van der Waals surface area contributed by atoms with Crippen molar-refractivity contribution in [2.24, 2.45) is 0 Å². The fourth-order valence-electron chi connectivity index (χ4n) is 1.49. The minimum absolute atomic E-state index is 0.0165. The molecule has 0 fully saturated rings. The summed E-state index contributed by atoms with van der Waals surface area (Å²) in [5, 5.41) is 0. The van der Waals surface area contributed by atoms with E-state index in [1.54, 1.807) is 12.1 Å². The van der Waals surface area contributed by atoms with Crippen LogP contribution in [0.1, 0.15) is 10.4 Å².